The molecule has 0 aromatic heterocycles. The van der Waals surface area contributed by atoms with E-state index in [1.165, 1.54) is 12.1 Å². The van der Waals surface area contributed by atoms with Gasteiger partial charge in [0.2, 0.25) is 0 Å². The van der Waals surface area contributed by atoms with E-state index in [1.807, 2.05) is 18.2 Å². The lowest BCUT2D eigenvalue weighted by molar-refractivity contribution is -0.111. The minimum absolute atomic E-state index is 0.297. The summed E-state index contributed by atoms with van der Waals surface area (Å²) in [6.45, 7) is 0. The average molecular weight is 452 g/mol. The lowest BCUT2D eigenvalue weighted by atomic mass is 10.0. The first-order valence-electron chi connectivity index (χ1n) is 10.6. The number of rotatable bonds is 6. The number of nitrogens with one attached hydrogen (secondary N) is 2. The fraction of sp³-hybridized carbons (Fsp3) is 0. The van der Waals surface area contributed by atoms with E-state index >= 15 is 0 Å². The van der Waals surface area contributed by atoms with Crippen molar-refractivity contribution in [2.75, 3.05) is 16.4 Å². The van der Waals surface area contributed by atoms with Gasteiger partial charge in [-0.15, -0.1) is 0 Å². The summed E-state index contributed by atoms with van der Waals surface area (Å²) in [6, 6.07) is 28.6. The molecular formula is C28H22FN3O2. The van der Waals surface area contributed by atoms with Gasteiger partial charge in [-0.05, 0) is 65.7 Å². The van der Waals surface area contributed by atoms with E-state index in [0.29, 0.717) is 39.3 Å². The predicted molar refractivity (Wildman–Crippen MR) is 135 cm³/mol. The molecule has 5 nitrogen and oxygen atoms in total. The second kappa shape index (κ2) is 10.3. The molecule has 0 atom stereocenters. The van der Waals surface area contributed by atoms with Crippen molar-refractivity contribution in [2.24, 2.45) is 0 Å². The topological polar surface area (TPSA) is 84.2 Å². The Bertz CT molecular complexity index is 1330. The zero-order chi connectivity index (χ0) is 23.9. The van der Waals surface area contributed by atoms with E-state index in [4.69, 9.17) is 5.73 Å². The molecule has 0 heterocycles. The molecule has 0 aliphatic rings. The smallest absolute Gasteiger partial charge is 0.256 e. The molecule has 4 aromatic carbocycles. The molecule has 0 aliphatic carbocycles. The zero-order valence-corrected chi connectivity index (χ0v) is 18.2. The third-order valence-corrected chi connectivity index (χ3v) is 5.12. The van der Waals surface area contributed by atoms with Crippen molar-refractivity contribution in [3.05, 3.63) is 126 Å². The van der Waals surface area contributed by atoms with Crippen molar-refractivity contribution in [1.82, 2.24) is 0 Å². The van der Waals surface area contributed by atoms with Crippen LogP contribution in [0, 0.1) is 5.82 Å². The third kappa shape index (κ3) is 5.55. The van der Waals surface area contributed by atoms with Crippen molar-refractivity contribution < 1.29 is 14.0 Å². The van der Waals surface area contributed by atoms with E-state index in [0.717, 1.165) is 0 Å². The van der Waals surface area contributed by atoms with Crippen LogP contribution in [0.15, 0.2) is 103 Å². The third-order valence-electron chi connectivity index (χ3n) is 5.12. The fourth-order valence-electron chi connectivity index (χ4n) is 3.33. The summed E-state index contributed by atoms with van der Waals surface area (Å²) in [4.78, 5) is 25.6. The molecule has 0 unspecified atom stereocenters. The van der Waals surface area contributed by atoms with Crippen LogP contribution in [0.1, 0.15) is 21.5 Å². The van der Waals surface area contributed by atoms with E-state index in [1.54, 1.807) is 78.9 Å². The van der Waals surface area contributed by atoms with Crippen LogP contribution in [0.3, 0.4) is 0 Å². The van der Waals surface area contributed by atoms with E-state index in [9.17, 15) is 14.0 Å². The van der Waals surface area contributed by atoms with Crippen LogP contribution >= 0.6 is 0 Å². The van der Waals surface area contributed by atoms with E-state index in [-0.39, 0.29) is 17.6 Å². The summed E-state index contributed by atoms with van der Waals surface area (Å²) in [7, 11) is 0. The number of nitrogens with two attached hydrogens (primary N) is 1. The minimum Gasteiger partial charge on any atom is -0.397 e. The molecule has 4 aromatic rings. The van der Waals surface area contributed by atoms with Crippen LogP contribution in [0.25, 0.3) is 11.6 Å². The van der Waals surface area contributed by atoms with Crippen LogP contribution in [-0.2, 0) is 4.79 Å². The Labute approximate surface area is 196 Å². The fourth-order valence-corrected chi connectivity index (χ4v) is 3.33. The van der Waals surface area contributed by atoms with Crippen LogP contribution in [0.4, 0.5) is 21.5 Å². The van der Waals surface area contributed by atoms with Gasteiger partial charge in [-0.25, -0.2) is 4.39 Å². The van der Waals surface area contributed by atoms with Crippen LogP contribution in [0.5, 0.6) is 0 Å². The van der Waals surface area contributed by atoms with Gasteiger partial charge in [0.15, 0.2) is 0 Å². The van der Waals surface area contributed by atoms with Crippen molar-refractivity contribution in [3.8, 4) is 0 Å². The summed E-state index contributed by atoms with van der Waals surface area (Å²) >= 11 is 0. The maximum atomic E-state index is 13.5. The molecule has 0 saturated carbocycles. The van der Waals surface area contributed by atoms with Crippen LogP contribution in [-0.4, -0.2) is 11.8 Å². The molecule has 34 heavy (non-hydrogen) atoms. The second-order valence-electron chi connectivity index (χ2n) is 7.55. The van der Waals surface area contributed by atoms with Crippen LogP contribution in [0.2, 0.25) is 0 Å². The Morgan fingerprint density at radius 3 is 2.00 bits per heavy atom. The van der Waals surface area contributed by atoms with E-state index < -0.39 is 0 Å². The molecule has 4 rings (SSSR count). The summed E-state index contributed by atoms with van der Waals surface area (Å²) in [5.41, 5.74) is 9.62. The lowest BCUT2D eigenvalue weighted by Crippen LogP contribution is -2.14. The average Bonchev–Trinajstić information content (AvgIpc) is 2.85. The molecule has 168 valence electrons. The molecule has 4 N–H and O–H groups in total. The first kappa shape index (κ1) is 22.5. The zero-order valence-electron chi connectivity index (χ0n) is 18.2. The Morgan fingerprint density at radius 2 is 1.32 bits per heavy atom. The Balaban J connectivity index is 1.59. The van der Waals surface area contributed by atoms with Crippen LogP contribution < -0.4 is 16.4 Å². The maximum Gasteiger partial charge on any atom is 0.256 e. The number of hydrogen-bond donors (Lipinski definition) is 3. The number of benzene rings is 4. The number of nitrogen functional groups attached to an aromatic ring is 1. The quantitative estimate of drug-likeness (QED) is 0.196. The number of halogens is 1. The highest BCUT2D eigenvalue weighted by molar-refractivity contribution is 6.29. The van der Waals surface area contributed by atoms with Crippen molar-refractivity contribution in [1.29, 1.82) is 0 Å². The van der Waals surface area contributed by atoms with Gasteiger partial charge in [0.25, 0.3) is 11.8 Å². The number of amides is 2. The highest BCUT2D eigenvalue weighted by Crippen LogP contribution is 2.22. The molecule has 0 aliphatic heterocycles. The number of hydrogen-bond acceptors (Lipinski definition) is 3. The molecule has 0 radical (unpaired) electrons. The highest BCUT2D eigenvalue weighted by atomic mass is 19.1. The normalized spacial score (nSPS) is 11.0. The predicted octanol–water partition coefficient (Wildman–Crippen LogP) is 5.84. The minimum atomic E-state index is -0.388. The molecule has 0 bridgehead atoms. The van der Waals surface area contributed by atoms with Crippen molar-refractivity contribution >= 4 is 40.5 Å². The summed E-state index contributed by atoms with van der Waals surface area (Å²) in [6.07, 6.45) is 1.70. The Morgan fingerprint density at radius 1 is 0.706 bits per heavy atom. The molecule has 0 fully saturated rings. The molecule has 6 heteroatoms. The maximum absolute atomic E-state index is 13.5. The molecular weight excluding hydrogens is 429 g/mol. The van der Waals surface area contributed by atoms with Gasteiger partial charge in [-0.2, -0.15) is 0 Å². The largest absolute Gasteiger partial charge is 0.397 e. The Kier molecular flexibility index (Phi) is 6.79. The van der Waals surface area contributed by atoms with Gasteiger partial charge < -0.3 is 16.4 Å². The first-order valence-corrected chi connectivity index (χ1v) is 10.6. The summed E-state index contributed by atoms with van der Waals surface area (Å²) in [5, 5.41) is 5.65. The van der Waals surface area contributed by atoms with Gasteiger partial charge in [-0.1, -0.05) is 54.6 Å². The van der Waals surface area contributed by atoms with Gasteiger partial charge in [-0.3, -0.25) is 9.59 Å². The second-order valence-corrected chi connectivity index (χ2v) is 7.55. The molecule has 0 saturated heterocycles. The number of para-hydroxylation sites is 3. The van der Waals surface area contributed by atoms with Crippen molar-refractivity contribution in [3.63, 3.8) is 0 Å². The summed E-state index contributed by atoms with van der Waals surface area (Å²) in [5.74, 6) is -1.02. The number of carbonyl (C=O) groups is 2. The summed E-state index contributed by atoms with van der Waals surface area (Å²) < 4.78 is 13.5. The standard InChI is InChI=1S/C28H22FN3O2/c29-22-16-14-20(15-17-22)24(28(34)31-23-6-2-1-3-7-23)18-19-10-12-21(13-11-19)27(33)32-26-9-5-4-8-25(26)30/h1-18H,30H2,(H,31,34)(H,32,33)/b24-18+. The monoisotopic (exact) mass is 451 g/mol. The number of anilines is 3. The number of carbonyl (C=O) groups excluding carboxylic acids is 2. The molecule has 0 spiro atoms. The van der Waals surface area contributed by atoms with E-state index in [2.05, 4.69) is 10.6 Å². The van der Waals surface area contributed by atoms with Gasteiger partial charge in [0.05, 0.1) is 11.4 Å². The Hall–Kier alpha value is -4.71. The van der Waals surface area contributed by atoms with Crippen molar-refractivity contribution in [2.45, 2.75) is 0 Å². The first-order chi connectivity index (χ1) is 16.5. The van der Waals surface area contributed by atoms with Gasteiger partial charge in [0, 0.05) is 16.8 Å². The SMILES string of the molecule is Nc1ccccc1NC(=O)c1ccc(/C=C(/C(=O)Nc2ccccc2)c2ccc(F)cc2)cc1. The highest BCUT2D eigenvalue weighted by Gasteiger charge is 2.14. The van der Waals surface area contributed by atoms with Gasteiger partial charge in [0.1, 0.15) is 5.82 Å². The van der Waals surface area contributed by atoms with Gasteiger partial charge >= 0.3 is 0 Å². The lowest BCUT2D eigenvalue weighted by Gasteiger charge is -2.11. The molecule has 2 amide bonds.